The van der Waals surface area contributed by atoms with Crippen molar-refractivity contribution in [2.24, 2.45) is 0 Å². The second kappa shape index (κ2) is 8.81. The van der Waals surface area contributed by atoms with Gasteiger partial charge in [-0.25, -0.2) is 0 Å². The van der Waals surface area contributed by atoms with Crippen molar-refractivity contribution in [1.82, 2.24) is 14.8 Å². The van der Waals surface area contributed by atoms with Crippen molar-refractivity contribution in [3.63, 3.8) is 0 Å². The Kier molecular flexibility index (Phi) is 6.23. The summed E-state index contributed by atoms with van der Waals surface area (Å²) in [5.74, 6) is 1.10. The molecule has 2 aromatic rings. The number of likely N-dealkylation sites (tertiary alicyclic amines) is 1. The van der Waals surface area contributed by atoms with Crippen LogP contribution in [0.1, 0.15) is 24.0 Å². The molecule has 0 spiro atoms. The average molecular weight is 353 g/mol. The van der Waals surface area contributed by atoms with Crippen molar-refractivity contribution in [1.29, 1.82) is 0 Å². The summed E-state index contributed by atoms with van der Waals surface area (Å²) < 4.78 is 6.04. The predicted octanol–water partition coefficient (Wildman–Crippen LogP) is 2.89. The minimum atomic E-state index is 0.185. The van der Waals surface area contributed by atoms with Gasteiger partial charge in [-0.2, -0.15) is 0 Å². The van der Waals surface area contributed by atoms with Gasteiger partial charge in [-0.15, -0.1) is 0 Å². The van der Waals surface area contributed by atoms with Crippen molar-refractivity contribution in [3.8, 4) is 5.75 Å². The molecule has 1 aromatic carbocycles. The summed E-state index contributed by atoms with van der Waals surface area (Å²) in [6.07, 6.45) is 5.56. The number of pyridine rings is 1. The van der Waals surface area contributed by atoms with Gasteiger partial charge in [0, 0.05) is 44.9 Å². The van der Waals surface area contributed by atoms with Crippen LogP contribution in [-0.2, 0) is 11.3 Å². The summed E-state index contributed by atoms with van der Waals surface area (Å²) in [5.41, 5.74) is 2.35. The van der Waals surface area contributed by atoms with Crippen molar-refractivity contribution in [2.45, 2.75) is 32.4 Å². The summed E-state index contributed by atoms with van der Waals surface area (Å²) in [6, 6.07) is 12.1. The average Bonchev–Trinajstić information content (AvgIpc) is 2.65. The van der Waals surface area contributed by atoms with E-state index in [-0.39, 0.29) is 12.0 Å². The number of aromatic nitrogens is 1. The molecule has 1 saturated heterocycles. The van der Waals surface area contributed by atoms with Gasteiger partial charge in [-0.05, 0) is 37.7 Å². The zero-order valence-corrected chi connectivity index (χ0v) is 15.6. The van der Waals surface area contributed by atoms with Gasteiger partial charge < -0.3 is 9.64 Å². The molecule has 0 aliphatic carbocycles. The molecule has 1 aliphatic heterocycles. The van der Waals surface area contributed by atoms with E-state index in [1.54, 1.807) is 6.20 Å². The number of carbonyl (C=O) groups is 1. The van der Waals surface area contributed by atoms with Crippen LogP contribution in [-0.4, -0.2) is 53.5 Å². The van der Waals surface area contributed by atoms with Gasteiger partial charge in [-0.3, -0.25) is 14.7 Å². The van der Waals surface area contributed by atoms with Crippen LogP contribution in [0.3, 0.4) is 0 Å². The predicted molar refractivity (Wildman–Crippen MR) is 102 cm³/mol. The minimum Gasteiger partial charge on any atom is -0.490 e. The molecule has 26 heavy (non-hydrogen) atoms. The van der Waals surface area contributed by atoms with Crippen LogP contribution in [0.2, 0.25) is 0 Å². The molecule has 3 rings (SSSR count). The number of amides is 1. The maximum atomic E-state index is 12.5. The van der Waals surface area contributed by atoms with Crippen molar-refractivity contribution in [2.75, 3.05) is 26.7 Å². The third-order valence-corrected chi connectivity index (χ3v) is 4.70. The van der Waals surface area contributed by atoms with Crippen molar-refractivity contribution >= 4 is 5.91 Å². The first-order valence-corrected chi connectivity index (χ1v) is 9.19. The fourth-order valence-electron chi connectivity index (χ4n) is 3.22. The number of rotatable bonds is 6. The Morgan fingerprint density at radius 1 is 1.23 bits per heavy atom. The molecule has 0 saturated carbocycles. The van der Waals surface area contributed by atoms with Crippen LogP contribution in [0.25, 0.3) is 0 Å². The number of piperidine rings is 1. The third-order valence-electron chi connectivity index (χ3n) is 4.70. The molecule has 5 heteroatoms. The van der Waals surface area contributed by atoms with Crippen LogP contribution in [0, 0.1) is 6.92 Å². The Hall–Kier alpha value is -2.40. The molecule has 0 unspecified atom stereocenters. The first-order valence-electron chi connectivity index (χ1n) is 9.19. The van der Waals surface area contributed by atoms with Gasteiger partial charge in [0.25, 0.3) is 0 Å². The van der Waals surface area contributed by atoms with E-state index >= 15 is 0 Å². The molecule has 138 valence electrons. The maximum Gasteiger partial charge on any atom is 0.236 e. The number of hydrogen-bond donors (Lipinski definition) is 0. The van der Waals surface area contributed by atoms with Crippen LogP contribution in [0.5, 0.6) is 5.75 Å². The fraction of sp³-hybridized carbons (Fsp3) is 0.429. The molecule has 0 bridgehead atoms. The molecule has 1 aromatic heterocycles. The van der Waals surface area contributed by atoms with Gasteiger partial charge in [0.15, 0.2) is 0 Å². The van der Waals surface area contributed by atoms with Gasteiger partial charge in [-0.1, -0.05) is 23.8 Å². The highest BCUT2D eigenvalue weighted by Crippen LogP contribution is 2.19. The first-order chi connectivity index (χ1) is 12.6. The Labute approximate surface area is 155 Å². The molecule has 2 heterocycles. The van der Waals surface area contributed by atoms with Crippen LogP contribution in [0.4, 0.5) is 0 Å². The smallest absolute Gasteiger partial charge is 0.236 e. The molecule has 1 aliphatic rings. The van der Waals surface area contributed by atoms with Gasteiger partial charge in [0.1, 0.15) is 11.9 Å². The topological polar surface area (TPSA) is 45.7 Å². The first kappa shape index (κ1) is 18.4. The van der Waals surface area contributed by atoms with E-state index in [1.165, 1.54) is 5.56 Å². The lowest BCUT2D eigenvalue weighted by atomic mass is 10.1. The number of likely N-dealkylation sites (N-methyl/N-ethyl adjacent to an activating group) is 1. The molecular formula is C21H27N3O2. The fourth-order valence-corrected chi connectivity index (χ4v) is 3.22. The van der Waals surface area contributed by atoms with E-state index in [1.807, 2.05) is 47.3 Å². The second-order valence-corrected chi connectivity index (χ2v) is 7.04. The molecule has 0 atom stereocenters. The quantitative estimate of drug-likeness (QED) is 0.801. The van der Waals surface area contributed by atoms with Crippen molar-refractivity contribution in [3.05, 3.63) is 59.9 Å². The third kappa shape index (κ3) is 5.30. The Bertz CT molecular complexity index is 695. The second-order valence-electron chi connectivity index (χ2n) is 7.04. The summed E-state index contributed by atoms with van der Waals surface area (Å²) >= 11 is 0. The highest BCUT2D eigenvalue weighted by atomic mass is 16.5. The maximum absolute atomic E-state index is 12.5. The van der Waals surface area contributed by atoms with E-state index in [4.69, 9.17) is 4.74 Å². The number of benzene rings is 1. The van der Waals surface area contributed by atoms with Crippen LogP contribution in [0.15, 0.2) is 48.8 Å². The van der Waals surface area contributed by atoms with Crippen molar-refractivity contribution < 1.29 is 9.53 Å². The Balaban J connectivity index is 1.42. The summed E-state index contributed by atoms with van der Waals surface area (Å²) in [5, 5.41) is 0. The lowest BCUT2D eigenvalue weighted by Crippen LogP contribution is -2.45. The van der Waals surface area contributed by atoms with E-state index in [2.05, 4.69) is 24.0 Å². The van der Waals surface area contributed by atoms with Gasteiger partial charge in [0.05, 0.1) is 6.54 Å². The molecule has 5 nitrogen and oxygen atoms in total. The highest BCUT2D eigenvalue weighted by Gasteiger charge is 2.24. The largest absolute Gasteiger partial charge is 0.490 e. The standard InChI is InChI=1S/C21H27N3O2/c1-17-5-7-19(8-6-17)26-20-9-12-24(13-10-20)21(25)16-23(2)15-18-4-3-11-22-14-18/h3-8,11,14,20H,9-10,12-13,15-16H2,1-2H3. The minimum absolute atomic E-state index is 0.185. The number of ether oxygens (including phenoxy) is 1. The van der Waals surface area contributed by atoms with Gasteiger partial charge >= 0.3 is 0 Å². The SMILES string of the molecule is Cc1ccc(OC2CCN(C(=O)CN(C)Cc3cccnc3)CC2)cc1. The normalized spacial score (nSPS) is 15.3. The van der Waals surface area contributed by atoms with E-state index in [0.29, 0.717) is 6.54 Å². The molecule has 1 amide bonds. The summed E-state index contributed by atoms with van der Waals surface area (Å²) in [4.78, 5) is 20.6. The zero-order valence-electron chi connectivity index (χ0n) is 15.6. The van der Waals surface area contributed by atoms with Gasteiger partial charge in [0.2, 0.25) is 5.91 Å². The molecular weight excluding hydrogens is 326 g/mol. The van der Waals surface area contributed by atoms with Crippen LogP contribution >= 0.6 is 0 Å². The lowest BCUT2D eigenvalue weighted by molar-refractivity contribution is -0.134. The number of nitrogens with zero attached hydrogens (tertiary/aromatic N) is 3. The monoisotopic (exact) mass is 353 g/mol. The molecule has 1 fully saturated rings. The van der Waals surface area contributed by atoms with E-state index < -0.39 is 0 Å². The summed E-state index contributed by atoms with van der Waals surface area (Å²) in [7, 11) is 1.97. The van der Waals surface area contributed by atoms with E-state index in [9.17, 15) is 4.79 Å². The van der Waals surface area contributed by atoms with E-state index in [0.717, 1.165) is 43.8 Å². The number of hydrogen-bond acceptors (Lipinski definition) is 4. The summed E-state index contributed by atoms with van der Waals surface area (Å²) in [6.45, 7) is 4.75. The number of aryl methyl sites for hydroxylation is 1. The number of carbonyl (C=O) groups excluding carboxylic acids is 1. The zero-order chi connectivity index (χ0) is 18.4. The Morgan fingerprint density at radius 2 is 1.96 bits per heavy atom. The highest BCUT2D eigenvalue weighted by molar-refractivity contribution is 5.78. The Morgan fingerprint density at radius 3 is 2.62 bits per heavy atom. The lowest BCUT2D eigenvalue weighted by Gasteiger charge is -2.33. The molecule has 0 N–H and O–H groups in total. The van der Waals surface area contributed by atoms with Crippen LogP contribution < -0.4 is 4.74 Å². The molecule has 0 radical (unpaired) electrons.